The van der Waals surface area contributed by atoms with Crippen LogP contribution in [0.5, 0.6) is 0 Å². The van der Waals surface area contributed by atoms with Crippen LogP contribution in [0.2, 0.25) is 0 Å². The van der Waals surface area contributed by atoms with Crippen molar-refractivity contribution in [2.45, 2.75) is 19.9 Å². The molecule has 0 aliphatic carbocycles. The molecule has 0 aromatic rings. The average Bonchev–Trinajstić information content (AvgIpc) is 1.87. The monoisotopic (exact) mass is 158 g/mol. The van der Waals surface area contributed by atoms with Crippen molar-refractivity contribution in [3.8, 4) is 0 Å². The number of rotatable bonds is 5. The molecule has 0 aliphatic rings. The Morgan fingerprint density at radius 2 is 2.27 bits per heavy atom. The number of nitrogens with two attached hydrogens (primary N) is 2. The van der Waals surface area contributed by atoms with Gasteiger partial charge in [0.05, 0.1) is 0 Å². The molecule has 4 heteroatoms. The summed E-state index contributed by atoms with van der Waals surface area (Å²) in [6.45, 7) is 5.62. The molecule has 0 fully saturated rings. The lowest BCUT2D eigenvalue weighted by atomic mass is 10.3. The van der Waals surface area contributed by atoms with E-state index in [0.717, 1.165) is 13.1 Å². The van der Waals surface area contributed by atoms with Crippen molar-refractivity contribution in [3.63, 3.8) is 0 Å². The summed E-state index contributed by atoms with van der Waals surface area (Å²) in [6.07, 6.45) is 3.26. The zero-order valence-electron chi connectivity index (χ0n) is 7.25. The maximum Gasteiger partial charge on any atom is 0.0487 e. The molecule has 11 heavy (non-hydrogen) atoms. The first-order valence-corrected chi connectivity index (χ1v) is 3.84. The fraction of sp³-hybridized carbons (Fsp3) is 0.714. The van der Waals surface area contributed by atoms with Crippen molar-refractivity contribution < 1.29 is 0 Å². The van der Waals surface area contributed by atoms with Crippen molar-refractivity contribution in [1.29, 1.82) is 0 Å². The molecule has 0 amide bonds. The molecular weight excluding hydrogens is 140 g/mol. The Labute approximate surface area is 68.2 Å². The standard InChI is InChI=1S/C7H18N4/c1-3-10-11(5-4-8)6-7(2)9/h4-5,7,10H,3,6,8-9H2,1-2H3/b5-4-. The van der Waals surface area contributed by atoms with Gasteiger partial charge in [-0.2, -0.15) is 0 Å². The third-order valence-corrected chi connectivity index (χ3v) is 1.11. The van der Waals surface area contributed by atoms with Crippen LogP contribution in [0.3, 0.4) is 0 Å². The predicted octanol–water partition coefficient (Wildman–Crippen LogP) is -0.410. The zero-order chi connectivity index (χ0) is 8.69. The average molecular weight is 158 g/mol. The summed E-state index contributed by atoms with van der Waals surface area (Å²) in [4.78, 5) is 0. The molecule has 0 saturated carbocycles. The second-order valence-corrected chi connectivity index (χ2v) is 2.48. The molecule has 1 unspecified atom stereocenters. The number of hydrazine groups is 1. The Balaban J connectivity index is 3.69. The van der Waals surface area contributed by atoms with Crippen molar-refractivity contribution in [1.82, 2.24) is 10.4 Å². The molecule has 66 valence electrons. The van der Waals surface area contributed by atoms with Gasteiger partial charge in [-0.25, -0.2) is 5.43 Å². The highest BCUT2D eigenvalue weighted by molar-refractivity contribution is 4.76. The summed E-state index contributed by atoms with van der Waals surface area (Å²) >= 11 is 0. The minimum absolute atomic E-state index is 0.144. The molecule has 5 N–H and O–H groups in total. The van der Waals surface area contributed by atoms with E-state index in [1.165, 1.54) is 6.20 Å². The normalized spacial score (nSPS) is 13.7. The third-order valence-electron chi connectivity index (χ3n) is 1.11. The Hall–Kier alpha value is -0.740. The van der Waals surface area contributed by atoms with Crippen LogP contribution in [0.1, 0.15) is 13.8 Å². The summed E-state index contributed by atoms with van der Waals surface area (Å²) in [5, 5.41) is 1.88. The molecule has 0 bridgehead atoms. The number of nitrogens with zero attached hydrogens (tertiary/aromatic N) is 1. The lowest BCUT2D eigenvalue weighted by Gasteiger charge is -2.22. The first kappa shape index (κ1) is 10.3. The van der Waals surface area contributed by atoms with Crippen molar-refractivity contribution in [2.75, 3.05) is 13.1 Å². The van der Waals surface area contributed by atoms with Crippen LogP contribution in [-0.2, 0) is 0 Å². The lowest BCUT2D eigenvalue weighted by molar-refractivity contribution is 0.264. The van der Waals surface area contributed by atoms with Crippen LogP contribution in [-0.4, -0.2) is 24.1 Å². The van der Waals surface area contributed by atoms with Gasteiger partial charge in [0.25, 0.3) is 0 Å². The topological polar surface area (TPSA) is 67.3 Å². The Kier molecular flexibility index (Phi) is 5.60. The maximum atomic E-state index is 5.60. The van der Waals surface area contributed by atoms with Crippen molar-refractivity contribution in [2.24, 2.45) is 11.5 Å². The first-order chi connectivity index (χ1) is 5.20. The van der Waals surface area contributed by atoms with Crippen LogP contribution in [0, 0.1) is 0 Å². The van der Waals surface area contributed by atoms with Crippen LogP contribution >= 0.6 is 0 Å². The van der Waals surface area contributed by atoms with Gasteiger partial charge in [-0.05, 0) is 6.92 Å². The van der Waals surface area contributed by atoms with E-state index < -0.39 is 0 Å². The van der Waals surface area contributed by atoms with Gasteiger partial charge in [0, 0.05) is 31.5 Å². The third kappa shape index (κ3) is 5.69. The fourth-order valence-corrected chi connectivity index (χ4v) is 0.795. The summed E-state index contributed by atoms with van der Waals surface area (Å²) in [7, 11) is 0. The summed E-state index contributed by atoms with van der Waals surface area (Å²) < 4.78 is 0. The second-order valence-electron chi connectivity index (χ2n) is 2.48. The van der Waals surface area contributed by atoms with Gasteiger partial charge in [-0.1, -0.05) is 6.92 Å². The molecule has 0 rings (SSSR count). The molecule has 1 atom stereocenters. The molecule has 0 aromatic carbocycles. The Morgan fingerprint density at radius 1 is 1.64 bits per heavy atom. The highest BCUT2D eigenvalue weighted by Gasteiger charge is 1.99. The van der Waals surface area contributed by atoms with Gasteiger partial charge in [0.15, 0.2) is 0 Å². The van der Waals surface area contributed by atoms with E-state index in [1.807, 2.05) is 18.9 Å². The van der Waals surface area contributed by atoms with Gasteiger partial charge in [0.2, 0.25) is 0 Å². The van der Waals surface area contributed by atoms with Crippen molar-refractivity contribution >= 4 is 0 Å². The number of hydrogen-bond donors (Lipinski definition) is 3. The first-order valence-electron chi connectivity index (χ1n) is 3.84. The van der Waals surface area contributed by atoms with Gasteiger partial charge in [-0.15, -0.1) is 0 Å². The van der Waals surface area contributed by atoms with Crippen molar-refractivity contribution in [3.05, 3.63) is 12.4 Å². The molecule has 4 nitrogen and oxygen atoms in total. The Morgan fingerprint density at radius 3 is 2.64 bits per heavy atom. The van der Waals surface area contributed by atoms with E-state index in [0.29, 0.717) is 0 Å². The van der Waals surface area contributed by atoms with Crippen LogP contribution < -0.4 is 16.9 Å². The predicted molar refractivity (Wildman–Crippen MR) is 47.4 cm³/mol. The van der Waals surface area contributed by atoms with E-state index in [1.54, 1.807) is 6.20 Å². The fourth-order valence-electron chi connectivity index (χ4n) is 0.795. The van der Waals surface area contributed by atoms with E-state index in [4.69, 9.17) is 11.5 Å². The van der Waals surface area contributed by atoms with E-state index >= 15 is 0 Å². The lowest BCUT2D eigenvalue weighted by Crippen LogP contribution is -2.41. The second kappa shape index (κ2) is 6.00. The smallest absolute Gasteiger partial charge is 0.0487 e. The minimum Gasteiger partial charge on any atom is -0.403 e. The van der Waals surface area contributed by atoms with Crippen LogP contribution in [0.15, 0.2) is 12.4 Å². The van der Waals surface area contributed by atoms with Gasteiger partial charge in [0.1, 0.15) is 0 Å². The van der Waals surface area contributed by atoms with E-state index in [2.05, 4.69) is 5.43 Å². The molecule has 0 heterocycles. The number of hydrogen-bond acceptors (Lipinski definition) is 4. The molecule has 0 aliphatic heterocycles. The zero-order valence-corrected chi connectivity index (χ0v) is 7.25. The maximum absolute atomic E-state index is 5.60. The Bertz CT molecular complexity index is 111. The minimum atomic E-state index is 0.144. The molecule has 0 aromatic heterocycles. The molecular formula is C7H18N4. The molecule has 0 radical (unpaired) electrons. The summed E-state index contributed by atoms with van der Waals surface area (Å²) in [6, 6.07) is 0.144. The molecule has 0 spiro atoms. The highest BCUT2D eigenvalue weighted by Crippen LogP contribution is 1.85. The van der Waals surface area contributed by atoms with Crippen LogP contribution in [0.4, 0.5) is 0 Å². The van der Waals surface area contributed by atoms with E-state index in [-0.39, 0.29) is 6.04 Å². The SMILES string of the molecule is CCNN(/C=C\N)CC(C)N. The molecule has 0 saturated heterocycles. The van der Waals surface area contributed by atoms with Crippen LogP contribution in [0.25, 0.3) is 0 Å². The summed E-state index contributed by atoms with van der Waals surface area (Å²) in [5.74, 6) is 0. The quantitative estimate of drug-likeness (QED) is 0.476. The van der Waals surface area contributed by atoms with E-state index in [9.17, 15) is 0 Å². The van der Waals surface area contributed by atoms with Gasteiger partial charge in [-0.3, -0.25) is 0 Å². The van der Waals surface area contributed by atoms with Gasteiger partial charge < -0.3 is 16.5 Å². The summed E-state index contributed by atoms with van der Waals surface area (Å²) in [5.41, 5.74) is 13.9. The number of nitrogens with one attached hydrogen (secondary N) is 1. The highest BCUT2D eigenvalue weighted by atomic mass is 15.5. The van der Waals surface area contributed by atoms with Gasteiger partial charge >= 0.3 is 0 Å². The largest absolute Gasteiger partial charge is 0.403 e.